The first-order chi connectivity index (χ1) is 10.9. The van der Waals surface area contributed by atoms with Crippen molar-refractivity contribution >= 4 is 40.0 Å². The number of esters is 1. The number of thiophene rings is 1. The molecule has 0 bridgehead atoms. The van der Waals surface area contributed by atoms with Crippen molar-refractivity contribution in [3.63, 3.8) is 0 Å². The van der Waals surface area contributed by atoms with Crippen LogP contribution in [0.5, 0.6) is 0 Å². The number of carbonyl (C=O) groups excluding carboxylic acids is 4. The third-order valence-corrected chi connectivity index (χ3v) is 4.53. The first kappa shape index (κ1) is 16.6. The van der Waals surface area contributed by atoms with E-state index in [-0.39, 0.29) is 28.3 Å². The highest BCUT2D eigenvalue weighted by atomic mass is 32.1. The monoisotopic (exact) mass is 335 g/mol. The van der Waals surface area contributed by atoms with Gasteiger partial charge >= 0.3 is 5.97 Å². The maximum atomic E-state index is 12.0. The zero-order chi connectivity index (χ0) is 17.1. The minimum Gasteiger partial charge on any atom is -0.465 e. The van der Waals surface area contributed by atoms with E-state index in [1.54, 1.807) is 6.92 Å². The summed E-state index contributed by atoms with van der Waals surface area (Å²) < 4.78 is 4.62. The maximum Gasteiger partial charge on any atom is 0.348 e. The van der Waals surface area contributed by atoms with Gasteiger partial charge in [-0.15, -0.1) is 11.3 Å². The molecule has 0 unspecified atom stereocenters. The van der Waals surface area contributed by atoms with Crippen molar-refractivity contribution in [3.05, 3.63) is 16.0 Å². The van der Waals surface area contributed by atoms with Gasteiger partial charge in [0.2, 0.25) is 17.7 Å². The zero-order valence-corrected chi connectivity index (χ0v) is 13.3. The van der Waals surface area contributed by atoms with Gasteiger partial charge in [0, 0.05) is 12.8 Å². The number of carbonyl (C=O) groups is 4. The molecule has 0 spiro atoms. The van der Waals surface area contributed by atoms with Crippen LogP contribution in [0.3, 0.4) is 0 Å². The van der Waals surface area contributed by atoms with E-state index in [0.29, 0.717) is 5.56 Å². The number of likely N-dealkylation sites (tertiary alicyclic amines) is 1. The molecular weight excluding hydrogens is 322 g/mol. The normalized spacial score (nSPS) is 13.9. The summed E-state index contributed by atoms with van der Waals surface area (Å²) in [6, 6.07) is 1.92. The fraction of sp³-hybridized carbons (Fsp3) is 0.357. The number of nitrogens with one attached hydrogen (secondary N) is 1. The molecule has 9 heteroatoms. The summed E-state index contributed by atoms with van der Waals surface area (Å²) in [6.45, 7) is 1.16. The molecule has 1 aromatic rings. The third kappa shape index (κ3) is 3.22. The second kappa shape index (κ2) is 6.58. The number of imide groups is 1. The van der Waals surface area contributed by atoms with Gasteiger partial charge in [0.05, 0.1) is 12.7 Å². The molecule has 120 valence electrons. The number of nitriles is 1. The van der Waals surface area contributed by atoms with Gasteiger partial charge < -0.3 is 10.1 Å². The minimum atomic E-state index is -0.609. The van der Waals surface area contributed by atoms with Crippen molar-refractivity contribution < 1.29 is 23.9 Å². The number of nitrogens with zero attached hydrogens (tertiary/aromatic N) is 2. The summed E-state index contributed by atoms with van der Waals surface area (Å²) in [5.74, 6) is -2.01. The standard InChI is InChI=1S/C14H13N3O5S/c1-7-8(5-15)13(23-12(7)14(21)22-2)16-9(18)6-17-10(19)3-4-11(17)20/h3-4,6H2,1-2H3,(H,16,18). The van der Waals surface area contributed by atoms with Crippen molar-refractivity contribution in [3.8, 4) is 6.07 Å². The second-order valence-electron chi connectivity index (χ2n) is 4.79. The highest BCUT2D eigenvalue weighted by Gasteiger charge is 2.31. The van der Waals surface area contributed by atoms with Crippen LogP contribution in [0.15, 0.2) is 0 Å². The summed E-state index contributed by atoms with van der Waals surface area (Å²) in [4.78, 5) is 47.7. The summed E-state index contributed by atoms with van der Waals surface area (Å²) in [6.07, 6.45) is 0.195. The predicted octanol–water partition coefficient (Wildman–Crippen LogP) is 0.802. The lowest BCUT2D eigenvalue weighted by Crippen LogP contribution is -2.36. The highest BCUT2D eigenvalue weighted by molar-refractivity contribution is 7.18. The Labute approximate surface area is 135 Å². The summed E-state index contributed by atoms with van der Waals surface area (Å²) in [5, 5.41) is 11.8. The van der Waals surface area contributed by atoms with Gasteiger partial charge in [-0.2, -0.15) is 5.26 Å². The molecular formula is C14H13N3O5S. The van der Waals surface area contributed by atoms with E-state index in [2.05, 4.69) is 10.1 Å². The lowest BCUT2D eigenvalue weighted by molar-refractivity contribution is -0.141. The molecule has 2 rings (SSSR count). The van der Waals surface area contributed by atoms with Crippen LogP contribution in [0.1, 0.15) is 33.6 Å². The molecule has 23 heavy (non-hydrogen) atoms. The zero-order valence-electron chi connectivity index (χ0n) is 12.5. The first-order valence-electron chi connectivity index (χ1n) is 6.63. The van der Waals surface area contributed by atoms with E-state index < -0.39 is 30.2 Å². The smallest absolute Gasteiger partial charge is 0.348 e. The Bertz CT molecular complexity index is 730. The SMILES string of the molecule is COC(=O)c1sc(NC(=O)CN2C(=O)CCC2=O)c(C#N)c1C. The van der Waals surface area contributed by atoms with Gasteiger partial charge in [0.15, 0.2) is 0 Å². The Morgan fingerprint density at radius 1 is 1.35 bits per heavy atom. The van der Waals surface area contributed by atoms with Gasteiger partial charge in [-0.3, -0.25) is 19.3 Å². The highest BCUT2D eigenvalue weighted by Crippen LogP contribution is 2.33. The summed E-state index contributed by atoms with van der Waals surface area (Å²) in [5.41, 5.74) is 0.566. The molecule has 0 aromatic carbocycles. The number of ether oxygens (including phenoxy) is 1. The lowest BCUT2D eigenvalue weighted by atomic mass is 10.2. The van der Waals surface area contributed by atoms with Crippen LogP contribution in [-0.4, -0.2) is 42.2 Å². The Morgan fingerprint density at radius 2 is 1.96 bits per heavy atom. The van der Waals surface area contributed by atoms with Crippen LogP contribution in [0.4, 0.5) is 5.00 Å². The molecule has 1 fully saturated rings. The largest absolute Gasteiger partial charge is 0.465 e. The van der Waals surface area contributed by atoms with Gasteiger partial charge in [-0.05, 0) is 12.5 Å². The van der Waals surface area contributed by atoms with Crippen LogP contribution >= 0.6 is 11.3 Å². The molecule has 0 aliphatic carbocycles. The van der Waals surface area contributed by atoms with E-state index in [1.807, 2.05) is 6.07 Å². The van der Waals surface area contributed by atoms with Crippen LogP contribution in [0.25, 0.3) is 0 Å². The minimum absolute atomic E-state index is 0.0974. The fourth-order valence-electron chi connectivity index (χ4n) is 2.13. The van der Waals surface area contributed by atoms with Crippen molar-refractivity contribution in [2.24, 2.45) is 0 Å². The van der Waals surface area contributed by atoms with Crippen LogP contribution in [0, 0.1) is 18.3 Å². The van der Waals surface area contributed by atoms with Gasteiger partial charge in [0.1, 0.15) is 22.5 Å². The molecule has 1 aromatic heterocycles. The quantitative estimate of drug-likeness (QED) is 0.642. The van der Waals surface area contributed by atoms with E-state index in [0.717, 1.165) is 16.2 Å². The topological polar surface area (TPSA) is 117 Å². The van der Waals surface area contributed by atoms with Crippen molar-refractivity contribution in [2.45, 2.75) is 19.8 Å². The molecule has 0 atom stereocenters. The average molecular weight is 335 g/mol. The average Bonchev–Trinajstić information content (AvgIpc) is 3.00. The Morgan fingerprint density at radius 3 is 2.48 bits per heavy atom. The van der Waals surface area contributed by atoms with E-state index in [9.17, 15) is 24.4 Å². The summed E-state index contributed by atoms with van der Waals surface area (Å²) in [7, 11) is 1.22. The molecule has 1 N–H and O–H groups in total. The van der Waals surface area contributed by atoms with Crippen molar-refractivity contribution in [1.29, 1.82) is 5.26 Å². The van der Waals surface area contributed by atoms with Gasteiger partial charge in [-0.1, -0.05) is 0 Å². The number of hydrogen-bond donors (Lipinski definition) is 1. The molecule has 2 heterocycles. The van der Waals surface area contributed by atoms with E-state index in [4.69, 9.17) is 0 Å². The lowest BCUT2D eigenvalue weighted by Gasteiger charge is -2.12. The Hall–Kier alpha value is -2.73. The molecule has 0 saturated carbocycles. The molecule has 1 aliphatic heterocycles. The number of anilines is 1. The predicted molar refractivity (Wildman–Crippen MR) is 79.7 cm³/mol. The van der Waals surface area contributed by atoms with Gasteiger partial charge in [-0.25, -0.2) is 4.79 Å². The maximum absolute atomic E-state index is 12.0. The Kier molecular flexibility index (Phi) is 4.76. The number of rotatable bonds is 4. The third-order valence-electron chi connectivity index (χ3n) is 3.34. The summed E-state index contributed by atoms with van der Waals surface area (Å²) >= 11 is 0.914. The second-order valence-corrected chi connectivity index (χ2v) is 5.81. The van der Waals surface area contributed by atoms with Crippen LogP contribution < -0.4 is 5.32 Å². The molecule has 0 radical (unpaired) electrons. The Balaban J connectivity index is 2.18. The van der Waals surface area contributed by atoms with Crippen LogP contribution in [-0.2, 0) is 19.1 Å². The number of amides is 3. The van der Waals surface area contributed by atoms with E-state index >= 15 is 0 Å². The molecule has 3 amide bonds. The number of methoxy groups -OCH3 is 1. The fourth-order valence-corrected chi connectivity index (χ4v) is 3.22. The van der Waals surface area contributed by atoms with Gasteiger partial charge in [0.25, 0.3) is 0 Å². The van der Waals surface area contributed by atoms with E-state index in [1.165, 1.54) is 7.11 Å². The van der Waals surface area contributed by atoms with Crippen molar-refractivity contribution in [2.75, 3.05) is 19.0 Å². The first-order valence-corrected chi connectivity index (χ1v) is 7.45. The molecule has 8 nitrogen and oxygen atoms in total. The van der Waals surface area contributed by atoms with Crippen molar-refractivity contribution in [1.82, 2.24) is 4.90 Å². The molecule has 1 aliphatic rings. The van der Waals surface area contributed by atoms with Crippen LogP contribution in [0.2, 0.25) is 0 Å². The molecule has 1 saturated heterocycles. The number of hydrogen-bond acceptors (Lipinski definition) is 7.